The first-order valence-electron chi connectivity index (χ1n) is 10.5. The molecule has 1 fully saturated rings. The van der Waals surface area contributed by atoms with Crippen molar-refractivity contribution < 1.29 is 14.3 Å². The molecule has 160 valence electrons. The number of nitrogens with zero attached hydrogens (tertiary/aromatic N) is 2. The van der Waals surface area contributed by atoms with Crippen molar-refractivity contribution in [3.8, 4) is 5.75 Å². The Bertz CT molecular complexity index is 864. The third-order valence-corrected chi connectivity index (χ3v) is 5.50. The van der Waals surface area contributed by atoms with Gasteiger partial charge in [-0.15, -0.1) is 0 Å². The van der Waals surface area contributed by atoms with Crippen LogP contribution >= 0.6 is 0 Å². The molecule has 2 aromatic carbocycles. The Morgan fingerprint density at radius 2 is 1.90 bits per heavy atom. The molecule has 1 aliphatic rings. The van der Waals surface area contributed by atoms with Gasteiger partial charge in [-0.3, -0.25) is 14.5 Å². The van der Waals surface area contributed by atoms with Crippen LogP contribution in [0.2, 0.25) is 0 Å². The monoisotopic (exact) mass is 409 g/mol. The van der Waals surface area contributed by atoms with Gasteiger partial charge in [-0.05, 0) is 62.2 Å². The topological polar surface area (TPSA) is 61.9 Å². The second-order valence-electron chi connectivity index (χ2n) is 8.07. The maximum Gasteiger partial charge on any atom is 0.259 e. The number of rotatable bonds is 7. The molecule has 1 aliphatic heterocycles. The largest absolute Gasteiger partial charge is 0.484 e. The van der Waals surface area contributed by atoms with Gasteiger partial charge in [0.2, 0.25) is 0 Å². The number of nitrogens with one attached hydrogen (secondary N) is 1. The molecular formula is C24H31N3O3. The number of benzene rings is 2. The molecule has 2 amide bonds. The van der Waals surface area contributed by atoms with Crippen molar-refractivity contribution in [2.45, 2.75) is 38.8 Å². The summed E-state index contributed by atoms with van der Waals surface area (Å²) in [5.74, 6) is 0.143. The molecule has 0 bridgehead atoms. The van der Waals surface area contributed by atoms with Crippen molar-refractivity contribution in [3.63, 3.8) is 0 Å². The molecule has 6 nitrogen and oxygen atoms in total. The number of carbonyl (C=O) groups is 2. The van der Waals surface area contributed by atoms with E-state index in [0.29, 0.717) is 17.4 Å². The van der Waals surface area contributed by atoms with Crippen LogP contribution in [0.4, 0.5) is 5.69 Å². The van der Waals surface area contributed by atoms with Crippen LogP contribution in [0, 0.1) is 0 Å². The zero-order chi connectivity index (χ0) is 21.5. The number of amides is 2. The van der Waals surface area contributed by atoms with Gasteiger partial charge < -0.3 is 15.0 Å². The van der Waals surface area contributed by atoms with Gasteiger partial charge in [0.1, 0.15) is 5.75 Å². The molecule has 1 saturated heterocycles. The maximum atomic E-state index is 12.6. The van der Waals surface area contributed by atoms with Gasteiger partial charge in [-0.25, -0.2) is 0 Å². The Balaban J connectivity index is 1.56. The first kappa shape index (κ1) is 21.8. The molecule has 6 heteroatoms. The third kappa shape index (κ3) is 6.07. The first-order valence-corrected chi connectivity index (χ1v) is 10.5. The average molecular weight is 410 g/mol. The molecular weight excluding hydrogens is 378 g/mol. The third-order valence-electron chi connectivity index (χ3n) is 5.50. The summed E-state index contributed by atoms with van der Waals surface area (Å²) in [6, 6.07) is 15.5. The average Bonchev–Trinajstić information content (AvgIpc) is 2.75. The van der Waals surface area contributed by atoms with Crippen LogP contribution < -0.4 is 10.1 Å². The number of anilines is 1. The molecule has 3 rings (SSSR count). The highest BCUT2D eigenvalue weighted by atomic mass is 16.5. The number of likely N-dealkylation sites (tertiary alicyclic amines) is 1. The van der Waals surface area contributed by atoms with Crippen LogP contribution in [-0.2, 0) is 11.3 Å². The predicted molar refractivity (Wildman–Crippen MR) is 119 cm³/mol. The Morgan fingerprint density at radius 3 is 2.60 bits per heavy atom. The minimum absolute atomic E-state index is 0.0603. The minimum atomic E-state index is -0.211. The lowest BCUT2D eigenvalue weighted by molar-refractivity contribution is -0.130. The molecule has 30 heavy (non-hydrogen) atoms. The fraction of sp³-hybridized carbons (Fsp3) is 0.417. The number of piperidine rings is 1. The Kier molecular flexibility index (Phi) is 7.46. The highest BCUT2D eigenvalue weighted by Gasteiger charge is 2.18. The van der Waals surface area contributed by atoms with Gasteiger partial charge >= 0.3 is 0 Å². The van der Waals surface area contributed by atoms with Crippen LogP contribution in [0.3, 0.4) is 0 Å². The Morgan fingerprint density at radius 1 is 1.13 bits per heavy atom. The van der Waals surface area contributed by atoms with E-state index in [9.17, 15) is 9.59 Å². The second kappa shape index (κ2) is 10.3. The fourth-order valence-electron chi connectivity index (χ4n) is 3.53. The van der Waals surface area contributed by atoms with Crippen LogP contribution in [0.1, 0.15) is 42.1 Å². The molecule has 1 heterocycles. The lowest BCUT2D eigenvalue weighted by Crippen LogP contribution is -2.36. The van der Waals surface area contributed by atoms with Crippen LogP contribution in [-0.4, -0.2) is 54.9 Å². The number of hydrogen-bond acceptors (Lipinski definition) is 4. The summed E-state index contributed by atoms with van der Waals surface area (Å²) >= 11 is 0. The van der Waals surface area contributed by atoms with Crippen LogP contribution in [0.15, 0.2) is 48.5 Å². The summed E-state index contributed by atoms with van der Waals surface area (Å²) < 4.78 is 5.49. The van der Waals surface area contributed by atoms with Crippen molar-refractivity contribution in [2.75, 3.05) is 32.6 Å². The van der Waals surface area contributed by atoms with E-state index >= 15 is 0 Å². The number of likely N-dealkylation sites (N-methyl/N-ethyl adjacent to an activating group) is 1. The summed E-state index contributed by atoms with van der Waals surface area (Å²) in [6.45, 7) is 4.33. The second-order valence-corrected chi connectivity index (χ2v) is 8.07. The van der Waals surface area contributed by atoms with E-state index in [1.807, 2.05) is 12.1 Å². The summed E-state index contributed by atoms with van der Waals surface area (Å²) in [6.07, 6.45) is 3.85. The van der Waals surface area contributed by atoms with E-state index < -0.39 is 0 Å². The van der Waals surface area contributed by atoms with Gasteiger partial charge in [0.25, 0.3) is 11.8 Å². The molecule has 0 radical (unpaired) electrons. The molecule has 1 unspecified atom stereocenters. The predicted octanol–water partition coefficient (Wildman–Crippen LogP) is 3.78. The molecule has 0 spiro atoms. The zero-order valence-corrected chi connectivity index (χ0v) is 18.1. The summed E-state index contributed by atoms with van der Waals surface area (Å²) in [5, 5.41) is 2.92. The lowest BCUT2D eigenvalue weighted by atomic mass is 10.0. The van der Waals surface area contributed by atoms with Gasteiger partial charge in [-0.2, -0.15) is 0 Å². The van der Waals surface area contributed by atoms with Gasteiger partial charge in [-0.1, -0.05) is 24.6 Å². The molecule has 0 aliphatic carbocycles. The van der Waals surface area contributed by atoms with Crippen LogP contribution in [0.25, 0.3) is 0 Å². The van der Waals surface area contributed by atoms with Gasteiger partial charge in [0, 0.05) is 37.9 Å². The number of hydrogen-bond donors (Lipinski definition) is 1. The first-order chi connectivity index (χ1) is 14.4. The quantitative estimate of drug-likeness (QED) is 0.756. The zero-order valence-electron chi connectivity index (χ0n) is 18.1. The minimum Gasteiger partial charge on any atom is -0.484 e. The van der Waals surface area contributed by atoms with E-state index in [4.69, 9.17) is 4.74 Å². The summed E-state index contributed by atoms with van der Waals surface area (Å²) in [4.78, 5) is 28.3. The van der Waals surface area contributed by atoms with Gasteiger partial charge in [0.15, 0.2) is 6.61 Å². The molecule has 1 atom stereocenters. The standard InChI is InChI=1S/C24H31N3O3/c1-18-7-4-5-14-27(18)16-19-10-12-21(13-11-19)25-24(29)20-8-6-9-22(15-20)30-17-23(28)26(2)3/h6,8-13,15,18H,4-5,7,14,16-17H2,1-3H3,(H,25,29). The molecule has 2 aromatic rings. The Labute approximate surface area is 178 Å². The number of carbonyl (C=O) groups excluding carboxylic acids is 2. The van der Waals surface area contributed by atoms with E-state index in [1.165, 1.54) is 29.7 Å². The van der Waals surface area contributed by atoms with E-state index in [1.54, 1.807) is 38.4 Å². The molecule has 0 aromatic heterocycles. The van der Waals surface area contributed by atoms with E-state index in [-0.39, 0.29) is 18.4 Å². The van der Waals surface area contributed by atoms with E-state index in [0.717, 1.165) is 18.8 Å². The van der Waals surface area contributed by atoms with Gasteiger partial charge in [0.05, 0.1) is 0 Å². The maximum absolute atomic E-state index is 12.6. The SMILES string of the molecule is CC1CCCCN1Cc1ccc(NC(=O)c2cccc(OCC(=O)N(C)C)c2)cc1. The van der Waals surface area contributed by atoms with Crippen LogP contribution in [0.5, 0.6) is 5.75 Å². The molecule has 1 N–H and O–H groups in total. The van der Waals surface area contributed by atoms with Crippen molar-refractivity contribution in [1.29, 1.82) is 0 Å². The smallest absolute Gasteiger partial charge is 0.259 e. The fourth-order valence-corrected chi connectivity index (χ4v) is 3.53. The number of ether oxygens (including phenoxy) is 1. The molecule has 0 saturated carbocycles. The lowest BCUT2D eigenvalue weighted by Gasteiger charge is -2.33. The highest BCUT2D eigenvalue weighted by molar-refractivity contribution is 6.04. The summed E-state index contributed by atoms with van der Waals surface area (Å²) in [7, 11) is 3.35. The normalized spacial score (nSPS) is 16.7. The van der Waals surface area contributed by atoms with E-state index in [2.05, 4.69) is 29.3 Å². The summed E-state index contributed by atoms with van der Waals surface area (Å²) in [5.41, 5.74) is 2.49. The van der Waals surface area contributed by atoms with Crippen molar-refractivity contribution >= 4 is 17.5 Å². The highest BCUT2D eigenvalue weighted by Crippen LogP contribution is 2.20. The van der Waals surface area contributed by atoms with Crippen molar-refractivity contribution in [3.05, 3.63) is 59.7 Å². The van der Waals surface area contributed by atoms with Crippen molar-refractivity contribution in [1.82, 2.24) is 9.80 Å². The van der Waals surface area contributed by atoms with Crippen molar-refractivity contribution in [2.24, 2.45) is 0 Å². The Hall–Kier alpha value is -2.86.